The zero-order valence-electron chi connectivity index (χ0n) is 22.2. The number of carbonyl (C=O) groups is 1. The molecule has 1 aliphatic rings. The van der Waals surface area contributed by atoms with E-state index in [1.807, 2.05) is 39.0 Å². The Morgan fingerprint density at radius 2 is 1.81 bits per heavy atom. The van der Waals surface area contributed by atoms with Crippen molar-refractivity contribution in [3.63, 3.8) is 0 Å². The molecule has 0 radical (unpaired) electrons. The van der Waals surface area contributed by atoms with E-state index in [1.54, 1.807) is 17.3 Å². The zero-order chi connectivity index (χ0) is 26.0. The fourth-order valence-electron chi connectivity index (χ4n) is 3.43. The van der Waals surface area contributed by atoms with Gasteiger partial charge in [0.25, 0.3) is 0 Å². The van der Waals surface area contributed by atoms with Crippen LogP contribution in [0.1, 0.15) is 72.4 Å². The molecule has 9 nitrogen and oxygen atoms in total. The highest BCUT2D eigenvalue weighted by atomic mass is 16.6. The van der Waals surface area contributed by atoms with E-state index < -0.39 is 5.60 Å². The first-order chi connectivity index (χ1) is 17.3. The van der Waals surface area contributed by atoms with Gasteiger partial charge in [0.15, 0.2) is 0 Å². The van der Waals surface area contributed by atoms with Crippen LogP contribution in [0.2, 0.25) is 0 Å². The smallest absolute Gasteiger partial charge is 0.410 e. The molecule has 0 unspecified atom stereocenters. The number of nitrogens with zero attached hydrogens (tertiary/aromatic N) is 4. The maximum absolute atomic E-state index is 12.3. The Morgan fingerprint density at radius 3 is 2.42 bits per heavy atom. The number of anilines is 2. The summed E-state index contributed by atoms with van der Waals surface area (Å²) in [6.45, 7) is 12.1. The second kappa shape index (κ2) is 13.1. The number of ether oxygens (including phenoxy) is 3. The number of hydrogen-bond donors (Lipinski definition) is 1. The molecule has 2 aromatic heterocycles. The van der Waals surface area contributed by atoms with E-state index in [4.69, 9.17) is 14.2 Å². The van der Waals surface area contributed by atoms with Gasteiger partial charge < -0.3 is 24.4 Å². The zero-order valence-corrected chi connectivity index (χ0v) is 22.2. The fourth-order valence-corrected chi connectivity index (χ4v) is 3.43. The minimum absolute atomic E-state index is 0.296. The summed E-state index contributed by atoms with van der Waals surface area (Å²) in [4.78, 5) is 27.6. The van der Waals surface area contributed by atoms with E-state index in [0.29, 0.717) is 56.0 Å². The maximum atomic E-state index is 12.3. The first kappa shape index (κ1) is 27.2. The first-order valence-corrected chi connectivity index (χ1v) is 12.8. The summed E-state index contributed by atoms with van der Waals surface area (Å²) in [7, 11) is 0. The molecule has 2 aromatic rings. The Bertz CT molecular complexity index is 1020. The topological polar surface area (TPSA) is 98.7 Å². The summed E-state index contributed by atoms with van der Waals surface area (Å²) in [5.74, 6) is 1.62. The minimum Gasteiger partial charge on any atom is -0.478 e. The monoisotopic (exact) mass is 497 g/mol. The van der Waals surface area contributed by atoms with Crippen molar-refractivity contribution in [2.45, 2.75) is 72.3 Å². The molecule has 36 heavy (non-hydrogen) atoms. The number of aromatic nitrogens is 3. The second-order valence-corrected chi connectivity index (χ2v) is 9.72. The van der Waals surface area contributed by atoms with Gasteiger partial charge in [0.2, 0.25) is 11.8 Å². The van der Waals surface area contributed by atoms with Crippen LogP contribution in [-0.4, -0.2) is 57.8 Å². The van der Waals surface area contributed by atoms with Gasteiger partial charge in [0.05, 0.1) is 31.3 Å². The Kier molecular flexibility index (Phi) is 9.90. The molecule has 0 saturated carbocycles. The molecule has 9 heteroatoms. The lowest BCUT2D eigenvalue weighted by Gasteiger charge is -2.29. The van der Waals surface area contributed by atoms with Crippen LogP contribution in [0.5, 0.6) is 11.8 Å². The second-order valence-electron chi connectivity index (χ2n) is 9.72. The van der Waals surface area contributed by atoms with Gasteiger partial charge in [-0.25, -0.2) is 9.78 Å². The summed E-state index contributed by atoms with van der Waals surface area (Å²) >= 11 is 0. The molecule has 0 fully saturated rings. The largest absolute Gasteiger partial charge is 0.478 e. The van der Waals surface area contributed by atoms with Crippen molar-refractivity contribution in [1.29, 1.82) is 0 Å². The number of unbranched alkanes of at least 4 members (excludes halogenated alkanes) is 2. The summed E-state index contributed by atoms with van der Waals surface area (Å²) in [6.07, 6.45) is 9.85. The average molecular weight is 498 g/mol. The van der Waals surface area contributed by atoms with Gasteiger partial charge in [-0.05, 0) is 51.7 Å². The molecule has 0 aromatic carbocycles. The van der Waals surface area contributed by atoms with Crippen LogP contribution >= 0.6 is 0 Å². The standard InChI is InChI=1S/C27H39N5O4/c1-6-8-16-34-24-11-10-21(25(31-24)35-17-9-7-2)30-23-19-28-22(18-29-23)20-12-14-32(15-13-20)26(33)36-27(3,4)5/h10-12,18-19H,6-9,13-17H2,1-5H3,(H,29,30). The van der Waals surface area contributed by atoms with E-state index in [9.17, 15) is 4.79 Å². The lowest BCUT2D eigenvalue weighted by molar-refractivity contribution is 0.0270. The van der Waals surface area contributed by atoms with Gasteiger partial charge in [-0.2, -0.15) is 4.98 Å². The predicted molar refractivity (Wildman–Crippen MR) is 141 cm³/mol. The Labute approximate surface area is 214 Å². The number of amides is 1. The minimum atomic E-state index is -0.506. The third-order valence-electron chi connectivity index (χ3n) is 5.42. The normalized spacial score (nSPS) is 13.7. The van der Waals surface area contributed by atoms with Gasteiger partial charge in [-0.3, -0.25) is 4.98 Å². The highest BCUT2D eigenvalue weighted by molar-refractivity contribution is 5.72. The molecule has 1 N–H and O–H groups in total. The molecular formula is C27H39N5O4. The van der Waals surface area contributed by atoms with Crippen molar-refractivity contribution in [3.05, 3.63) is 36.3 Å². The number of pyridine rings is 1. The summed E-state index contributed by atoms with van der Waals surface area (Å²) in [5.41, 5.74) is 2.06. The Morgan fingerprint density at radius 1 is 1.06 bits per heavy atom. The van der Waals surface area contributed by atoms with Gasteiger partial charge >= 0.3 is 6.09 Å². The molecule has 1 aliphatic heterocycles. The summed E-state index contributed by atoms with van der Waals surface area (Å²) < 4.78 is 17.1. The van der Waals surface area contributed by atoms with E-state index in [-0.39, 0.29) is 6.09 Å². The molecule has 0 atom stereocenters. The summed E-state index contributed by atoms with van der Waals surface area (Å²) in [6, 6.07) is 3.72. The Balaban J connectivity index is 1.65. The van der Waals surface area contributed by atoms with Gasteiger partial charge in [0, 0.05) is 19.2 Å². The molecule has 3 heterocycles. The average Bonchev–Trinajstić information content (AvgIpc) is 2.85. The van der Waals surface area contributed by atoms with Crippen LogP contribution in [0.3, 0.4) is 0 Å². The number of carbonyl (C=O) groups excluding carboxylic acids is 1. The molecule has 0 saturated heterocycles. The molecule has 196 valence electrons. The van der Waals surface area contributed by atoms with Crippen molar-refractivity contribution in [1.82, 2.24) is 19.9 Å². The number of rotatable bonds is 11. The molecule has 0 bridgehead atoms. The van der Waals surface area contributed by atoms with E-state index in [2.05, 4.69) is 34.1 Å². The highest BCUT2D eigenvalue weighted by Gasteiger charge is 2.24. The van der Waals surface area contributed by atoms with Gasteiger partial charge in [-0.15, -0.1) is 0 Å². The molecule has 1 amide bonds. The summed E-state index contributed by atoms with van der Waals surface area (Å²) in [5, 5.41) is 3.26. The quantitative estimate of drug-likeness (QED) is 0.378. The van der Waals surface area contributed by atoms with Gasteiger partial charge in [0.1, 0.15) is 17.1 Å². The van der Waals surface area contributed by atoms with E-state index >= 15 is 0 Å². The molecule has 3 rings (SSSR count). The van der Waals surface area contributed by atoms with E-state index in [1.165, 1.54) is 0 Å². The van der Waals surface area contributed by atoms with Crippen LogP contribution < -0.4 is 14.8 Å². The molecule has 0 spiro atoms. The lowest BCUT2D eigenvalue weighted by Crippen LogP contribution is -2.39. The van der Waals surface area contributed by atoms with Crippen molar-refractivity contribution < 1.29 is 19.0 Å². The molecule has 0 aliphatic carbocycles. The predicted octanol–water partition coefficient (Wildman–Crippen LogP) is 6.00. The SMILES string of the molecule is CCCCOc1ccc(Nc2cnc(C3=CCN(C(=O)OC(C)(C)C)CC3)cn2)c(OCCCC)n1. The Hall–Kier alpha value is -3.36. The first-order valence-electron chi connectivity index (χ1n) is 12.8. The van der Waals surface area contributed by atoms with Crippen molar-refractivity contribution in [2.75, 3.05) is 31.6 Å². The van der Waals surface area contributed by atoms with Crippen LogP contribution in [0, 0.1) is 0 Å². The van der Waals surface area contributed by atoms with Crippen molar-refractivity contribution in [2.24, 2.45) is 0 Å². The van der Waals surface area contributed by atoms with Gasteiger partial charge in [-0.1, -0.05) is 32.8 Å². The fraction of sp³-hybridized carbons (Fsp3) is 0.556. The van der Waals surface area contributed by atoms with Crippen molar-refractivity contribution in [3.8, 4) is 11.8 Å². The highest BCUT2D eigenvalue weighted by Crippen LogP contribution is 2.29. The van der Waals surface area contributed by atoms with Crippen LogP contribution in [-0.2, 0) is 4.74 Å². The van der Waals surface area contributed by atoms with Crippen LogP contribution in [0.25, 0.3) is 5.57 Å². The van der Waals surface area contributed by atoms with E-state index in [0.717, 1.165) is 37.0 Å². The number of hydrogen-bond acceptors (Lipinski definition) is 8. The number of nitrogens with one attached hydrogen (secondary N) is 1. The maximum Gasteiger partial charge on any atom is 0.410 e. The third kappa shape index (κ3) is 8.39. The van der Waals surface area contributed by atoms with Crippen LogP contribution in [0.15, 0.2) is 30.6 Å². The molecular weight excluding hydrogens is 458 g/mol. The van der Waals surface area contributed by atoms with Crippen LogP contribution in [0.4, 0.5) is 16.3 Å². The van der Waals surface area contributed by atoms with Crippen molar-refractivity contribution >= 4 is 23.2 Å². The lowest BCUT2D eigenvalue weighted by atomic mass is 10.1. The third-order valence-corrected chi connectivity index (χ3v) is 5.42.